The molecule has 0 atom stereocenters. The fraction of sp³-hybridized carbons (Fsp3) is 0.222. The zero-order valence-electron chi connectivity index (χ0n) is 19.3. The Labute approximate surface area is 198 Å². The molecule has 1 heterocycles. The van der Waals surface area contributed by atoms with Gasteiger partial charge in [-0.2, -0.15) is 5.26 Å². The second-order valence-corrected chi connectivity index (χ2v) is 7.94. The molecular formula is C27H26N2O5. The molecule has 3 rings (SSSR count). The van der Waals surface area contributed by atoms with Crippen molar-refractivity contribution in [2.45, 2.75) is 33.2 Å². The third-order valence-electron chi connectivity index (χ3n) is 5.01. The van der Waals surface area contributed by atoms with Crippen molar-refractivity contribution in [3.8, 4) is 17.6 Å². The first-order chi connectivity index (χ1) is 16.4. The highest BCUT2D eigenvalue weighted by atomic mass is 16.6. The van der Waals surface area contributed by atoms with Crippen LogP contribution in [0.3, 0.4) is 0 Å². The lowest BCUT2D eigenvalue weighted by Crippen LogP contribution is -2.23. The number of carbonyl (C=O) groups is 2. The average Bonchev–Trinajstić information content (AvgIpc) is 3.34. The number of furan rings is 1. The number of amides is 1. The van der Waals surface area contributed by atoms with Gasteiger partial charge >= 0.3 is 5.97 Å². The van der Waals surface area contributed by atoms with E-state index in [9.17, 15) is 14.9 Å². The lowest BCUT2D eigenvalue weighted by molar-refractivity contribution is -0.136. The molecule has 34 heavy (non-hydrogen) atoms. The van der Waals surface area contributed by atoms with E-state index in [0.717, 1.165) is 5.56 Å². The summed E-state index contributed by atoms with van der Waals surface area (Å²) in [5.74, 6) is 0.888. The zero-order chi connectivity index (χ0) is 24.5. The SMILES string of the molecule is Cc1cc(OCC(=O)Oc2ccc(/C=C(\C#N)C(=O)NCc3ccco3)cc2)ccc1C(C)C. The van der Waals surface area contributed by atoms with Crippen LogP contribution in [0.25, 0.3) is 6.08 Å². The molecule has 0 fully saturated rings. The molecule has 2 aromatic carbocycles. The lowest BCUT2D eigenvalue weighted by atomic mass is 9.98. The third-order valence-corrected chi connectivity index (χ3v) is 5.01. The molecule has 7 nitrogen and oxygen atoms in total. The summed E-state index contributed by atoms with van der Waals surface area (Å²) in [5, 5.41) is 11.9. The normalized spacial score (nSPS) is 11.1. The maximum absolute atomic E-state index is 12.2. The number of carbonyl (C=O) groups excluding carboxylic acids is 2. The summed E-state index contributed by atoms with van der Waals surface area (Å²) < 4.78 is 16.0. The van der Waals surface area contributed by atoms with Gasteiger partial charge in [-0.05, 0) is 72.0 Å². The fourth-order valence-corrected chi connectivity index (χ4v) is 3.31. The molecule has 0 unspecified atom stereocenters. The van der Waals surface area contributed by atoms with Crippen LogP contribution in [0.2, 0.25) is 0 Å². The van der Waals surface area contributed by atoms with E-state index >= 15 is 0 Å². The molecule has 7 heteroatoms. The highest BCUT2D eigenvalue weighted by Gasteiger charge is 2.11. The second kappa shape index (κ2) is 11.5. The van der Waals surface area contributed by atoms with Gasteiger partial charge < -0.3 is 19.2 Å². The van der Waals surface area contributed by atoms with Crippen LogP contribution in [0.5, 0.6) is 11.5 Å². The summed E-state index contributed by atoms with van der Waals surface area (Å²) in [5.41, 5.74) is 2.90. The van der Waals surface area contributed by atoms with Crippen LogP contribution in [-0.4, -0.2) is 18.5 Å². The minimum absolute atomic E-state index is 0.0523. The minimum Gasteiger partial charge on any atom is -0.482 e. The molecular weight excluding hydrogens is 432 g/mol. The summed E-state index contributed by atoms with van der Waals surface area (Å²) >= 11 is 0. The molecule has 0 aliphatic carbocycles. The van der Waals surface area contributed by atoms with Crippen LogP contribution in [-0.2, 0) is 16.1 Å². The Kier molecular flexibility index (Phi) is 8.25. The monoisotopic (exact) mass is 458 g/mol. The molecule has 1 aromatic heterocycles. The van der Waals surface area contributed by atoms with Crippen LogP contribution in [0.15, 0.2) is 70.9 Å². The van der Waals surface area contributed by atoms with E-state index in [0.29, 0.717) is 28.7 Å². The molecule has 0 saturated carbocycles. The number of rotatable bonds is 9. The number of nitriles is 1. The van der Waals surface area contributed by atoms with E-state index in [2.05, 4.69) is 19.2 Å². The van der Waals surface area contributed by atoms with Gasteiger partial charge in [0.05, 0.1) is 12.8 Å². The van der Waals surface area contributed by atoms with Crippen LogP contribution in [0.1, 0.15) is 42.2 Å². The summed E-state index contributed by atoms with van der Waals surface area (Å²) in [7, 11) is 0. The van der Waals surface area contributed by atoms with Crippen molar-refractivity contribution < 1.29 is 23.5 Å². The van der Waals surface area contributed by atoms with Crippen LogP contribution in [0.4, 0.5) is 0 Å². The van der Waals surface area contributed by atoms with E-state index in [1.807, 2.05) is 31.2 Å². The predicted molar refractivity (Wildman–Crippen MR) is 127 cm³/mol. The van der Waals surface area contributed by atoms with Crippen molar-refractivity contribution >= 4 is 18.0 Å². The van der Waals surface area contributed by atoms with Gasteiger partial charge in [0, 0.05) is 0 Å². The molecule has 174 valence electrons. The summed E-state index contributed by atoms with van der Waals surface area (Å²) in [6.45, 7) is 6.22. The van der Waals surface area contributed by atoms with E-state index in [1.54, 1.807) is 36.4 Å². The first-order valence-corrected chi connectivity index (χ1v) is 10.8. The number of esters is 1. The van der Waals surface area contributed by atoms with E-state index in [-0.39, 0.29) is 18.7 Å². The Morgan fingerprint density at radius 3 is 2.47 bits per heavy atom. The van der Waals surface area contributed by atoms with Crippen LogP contribution < -0.4 is 14.8 Å². The smallest absolute Gasteiger partial charge is 0.349 e. The fourth-order valence-electron chi connectivity index (χ4n) is 3.31. The molecule has 0 bridgehead atoms. The van der Waals surface area contributed by atoms with E-state index in [1.165, 1.54) is 17.9 Å². The van der Waals surface area contributed by atoms with Crippen molar-refractivity contribution in [2.75, 3.05) is 6.61 Å². The number of nitrogens with zero attached hydrogens (tertiary/aromatic N) is 1. The molecule has 1 amide bonds. The van der Waals surface area contributed by atoms with E-state index in [4.69, 9.17) is 13.9 Å². The topological polar surface area (TPSA) is 102 Å². The van der Waals surface area contributed by atoms with Crippen LogP contribution >= 0.6 is 0 Å². The third kappa shape index (κ3) is 6.84. The number of aryl methyl sites for hydroxylation is 1. The molecule has 0 spiro atoms. The van der Waals surface area contributed by atoms with E-state index < -0.39 is 11.9 Å². The number of nitrogens with one attached hydrogen (secondary N) is 1. The Morgan fingerprint density at radius 2 is 1.85 bits per heavy atom. The average molecular weight is 459 g/mol. The second-order valence-electron chi connectivity index (χ2n) is 7.94. The van der Waals surface area contributed by atoms with Gasteiger partial charge in [0.25, 0.3) is 5.91 Å². The van der Waals surface area contributed by atoms with Gasteiger partial charge in [0.15, 0.2) is 6.61 Å². The van der Waals surface area contributed by atoms with Gasteiger partial charge in [0.1, 0.15) is 28.9 Å². The summed E-state index contributed by atoms with van der Waals surface area (Å²) in [6, 6.07) is 17.5. The molecule has 0 saturated heterocycles. The molecule has 0 radical (unpaired) electrons. The quantitative estimate of drug-likeness (QED) is 0.211. The molecule has 0 aliphatic rings. The molecule has 1 N–H and O–H groups in total. The highest BCUT2D eigenvalue weighted by molar-refractivity contribution is 6.01. The predicted octanol–water partition coefficient (Wildman–Crippen LogP) is 4.92. The number of benzene rings is 2. The van der Waals surface area contributed by atoms with Gasteiger partial charge in [-0.25, -0.2) is 4.79 Å². The summed E-state index contributed by atoms with van der Waals surface area (Å²) in [4.78, 5) is 24.4. The Bertz CT molecular complexity index is 1200. The number of hydrogen-bond donors (Lipinski definition) is 1. The first-order valence-electron chi connectivity index (χ1n) is 10.8. The van der Waals surface area contributed by atoms with Crippen molar-refractivity contribution in [3.05, 3.63) is 88.9 Å². The van der Waals surface area contributed by atoms with Crippen molar-refractivity contribution in [1.82, 2.24) is 5.32 Å². The van der Waals surface area contributed by atoms with Crippen molar-refractivity contribution in [1.29, 1.82) is 5.26 Å². The van der Waals surface area contributed by atoms with Gasteiger partial charge in [-0.15, -0.1) is 0 Å². The Balaban J connectivity index is 1.53. The maximum atomic E-state index is 12.2. The van der Waals surface area contributed by atoms with Crippen molar-refractivity contribution in [3.63, 3.8) is 0 Å². The largest absolute Gasteiger partial charge is 0.482 e. The Morgan fingerprint density at radius 1 is 1.12 bits per heavy atom. The lowest BCUT2D eigenvalue weighted by Gasteiger charge is -2.12. The zero-order valence-corrected chi connectivity index (χ0v) is 19.3. The highest BCUT2D eigenvalue weighted by Crippen LogP contribution is 2.23. The standard InChI is InChI=1S/C27H26N2O5/c1-18(2)25-11-10-23(13-19(25)3)33-17-26(30)34-22-8-6-20(7-9-22)14-21(15-28)27(31)29-16-24-5-4-12-32-24/h4-14,18H,16-17H2,1-3H3,(H,29,31)/b21-14+. The minimum atomic E-state index is -0.538. The first kappa shape index (κ1) is 24.3. The van der Waals surface area contributed by atoms with Crippen LogP contribution in [0, 0.1) is 18.3 Å². The molecule has 3 aromatic rings. The summed E-state index contributed by atoms with van der Waals surface area (Å²) in [6.07, 6.45) is 2.96. The Hall–Kier alpha value is -4.31. The van der Waals surface area contributed by atoms with Gasteiger partial charge in [-0.3, -0.25) is 4.79 Å². The molecule has 0 aliphatic heterocycles. The number of hydrogen-bond acceptors (Lipinski definition) is 6. The number of ether oxygens (including phenoxy) is 2. The van der Waals surface area contributed by atoms with Gasteiger partial charge in [-0.1, -0.05) is 32.0 Å². The maximum Gasteiger partial charge on any atom is 0.349 e. The van der Waals surface area contributed by atoms with Crippen molar-refractivity contribution in [2.24, 2.45) is 0 Å². The van der Waals surface area contributed by atoms with Gasteiger partial charge in [0.2, 0.25) is 0 Å².